The van der Waals surface area contributed by atoms with E-state index < -0.39 is 0 Å². The zero-order valence-corrected chi connectivity index (χ0v) is 15.2. The third-order valence-corrected chi connectivity index (χ3v) is 3.30. The van der Waals surface area contributed by atoms with E-state index in [2.05, 4.69) is 20.6 Å². The van der Waals surface area contributed by atoms with Crippen molar-refractivity contribution in [2.75, 3.05) is 19.5 Å². The van der Waals surface area contributed by atoms with Gasteiger partial charge in [-0.2, -0.15) is 0 Å². The molecule has 0 saturated carbocycles. The minimum Gasteiger partial charge on any atom is -0.493 e. The fourth-order valence-electron chi connectivity index (χ4n) is 2.12. The number of nitrogens with zero attached hydrogens (tertiary/aromatic N) is 2. The molecule has 0 unspecified atom stereocenters. The molecule has 7 nitrogen and oxygen atoms in total. The zero-order valence-electron chi connectivity index (χ0n) is 15.2. The van der Waals surface area contributed by atoms with E-state index in [4.69, 9.17) is 9.47 Å². The van der Waals surface area contributed by atoms with E-state index in [1.165, 1.54) is 12.4 Å². The fourth-order valence-corrected chi connectivity index (χ4v) is 2.12. The number of ether oxygens (including phenoxy) is 2. The normalized spacial score (nSPS) is 10.9. The SMILES string of the molecule is COc1ccc(CNc2ncc(C(=O)NC(C)(C)C)cn2)cc1OC. The van der Waals surface area contributed by atoms with Crippen LogP contribution in [0, 0.1) is 0 Å². The Hall–Kier alpha value is -2.83. The van der Waals surface area contributed by atoms with Crippen LogP contribution in [0.4, 0.5) is 5.95 Å². The molecular formula is C18H24N4O3. The van der Waals surface area contributed by atoms with Gasteiger partial charge in [0, 0.05) is 24.5 Å². The van der Waals surface area contributed by atoms with Crippen LogP contribution in [-0.4, -0.2) is 35.6 Å². The number of carbonyl (C=O) groups excluding carboxylic acids is 1. The summed E-state index contributed by atoms with van der Waals surface area (Å²) >= 11 is 0. The van der Waals surface area contributed by atoms with Gasteiger partial charge in [0.15, 0.2) is 11.5 Å². The van der Waals surface area contributed by atoms with Crippen LogP contribution < -0.4 is 20.1 Å². The van der Waals surface area contributed by atoms with Gasteiger partial charge >= 0.3 is 0 Å². The Balaban J connectivity index is 1.99. The Morgan fingerprint density at radius 1 is 1.08 bits per heavy atom. The smallest absolute Gasteiger partial charge is 0.254 e. The Kier molecular flexibility index (Phi) is 5.80. The lowest BCUT2D eigenvalue weighted by Gasteiger charge is -2.20. The molecule has 1 aromatic heterocycles. The minimum atomic E-state index is -0.304. The lowest BCUT2D eigenvalue weighted by atomic mass is 10.1. The number of anilines is 1. The average molecular weight is 344 g/mol. The molecule has 1 heterocycles. The lowest BCUT2D eigenvalue weighted by molar-refractivity contribution is 0.0919. The van der Waals surface area contributed by atoms with Crippen LogP contribution in [-0.2, 0) is 6.54 Å². The monoisotopic (exact) mass is 344 g/mol. The number of nitrogens with one attached hydrogen (secondary N) is 2. The molecule has 0 aliphatic heterocycles. The Bertz CT molecular complexity index is 724. The van der Waals surface area contributed by atoms with Crippen LogP contribution in [0.1, 0.15) is 36.7 Å². The molecule has 1 aromatic carbocycles. The third kappa shape index (κ3) is 5.34. The molecule has 0 spiro atoms. The van der Waals surface area contributed by atoms with E-state index in [0.717, 1.165) is 5.56 Å². The van der Waals surface area contributed by atoms with Crippen molar-refractivity contribution in [2.45, 2.75) is 32.9 Å². The molecule has 0 bridgehead atoms. The Morgan fingerprint density at radius 3 is 2.28 bits per heavy atom. The number of methoxy groups -OCH3 is 2. The predicted molar refractivity (Wildman–Crippen MR) is 96.1 cm³/mol. The summed E-state index contributed by atoms with van der Waals surface area (Å²) in [6, 6.07) is 5.66. The van der Waals surface area contributed by atoms with Gasteiger partial charge in [0.25, 0.3) is 5.91 Å². The molecule has 0 radical (unpaired) electrons. The van der Waals surface area contributed by atoms with Gasteiger partial charge in [-0.25, -0.2) is 9.97 Å². The summed E-state index contributed by atoms with van der Waals surface area (Å²) in [6.07, 6.45) is 3.01. The number of hydrogen-bond donors (Lipinski definition) is 2. The average Bonchev–Trinajstić information content (AvgIpc) is 2.58. The zero-order chi connectivity index (χ0) is 18.4. The van der Waals surface area contributed by atoms with Crippen molar-refractivity contribution in [1.29, 1.82) is 0 Å². The van der Waals surface area contributed by atoms with Crippen molar-refractivity contribution in [1.82, 2.24) is 15.3 Å². The molecular weight excluding hydrogens is 320 g/mol. The molecule has 1 amide bonds. The molecule has 0 atom stereocenters. The van der Waals surface area contributed by atoms with Gasteiger partial charge in [0.2, 0.25) is 5.95 Å². The van der Waals surface area contributed by atoms with E-state index >= 15 is 0 Å². The highest BCUT2D eigenvalue weighted by Crippen LogP contribution is 2.27. The second kappa shape index (κ2) is 7.83. The molecule has 0 saturated heterocycles. The number of rotatable bonds is 6. The van der Waals surface area contributed by atoms with Gasteiger partial charge in [-0.15, -0.1) is 0 Å². The molecule has 0 fully saturated rings. The van der Waals surface area contributed by atoms with E-state index in [-0.39, 0.29) is 11.4 Å². The number of amides is 1. The highest BCUT2D eigenvalue weighted by molar-refractivity contribution is 5.94. The van der Waals surface area contributed by atoms with Gasteiger partial charge in [0.1, 0.15) is 0 Å². The maximum absolute atomic E-state index is 12.0. The molecule has 25 heavy (non-hydrogen) atoms. The Morgan fingerprint density at radius 2 is 1.72 bits per heavy atom. The van der Waals surface area contributed by atoms with Crippen LogP contribution in [0.2, 0.25) is 0 Å². The number of benzene rings is 1. The summed E-state index contributed by atoms with van der Waals surface area (Å²) in [6.45, 7) is 6.29. The van der Waals surface area contributed by atoms with Crippen LogP contribution >= 0.6 is 0 Å². The molecule has 2 N–H and O–H groups in total. The Labute approximate surface area is 147 Å². The summed E-state index contributed by atoms with van der Waals surface area (Å²) in [5.74, 6) is 1.59. The standard InChI is InChI=1S/C18H24N4O3/c1-18(2,3)22-16(23)13-10-20-17(21-11-13)19-9-12-6-7-14(24-4)15(8-12)25-5/h6-8,10-11H,9H2,1-5H3,(H,22,23)(H,19,20,21). The molecule has 2 aromatic rings. The van der Waals surface area contributed by atoms with Crippen LogP contribution in [0.25, 0.3) is 0 Å². The van der Waals surface area contributed by atoms with E-state index in [9.17, 15) is 4.79 Å². The second-order valence-electron chi connectivity index (χ2n) is 6.54. The quantitative estimate of drug-likeness (QED) is 0.838. The lowest BCUT2D eigenvalue weighted by Crippen LogP contribution is -2.40. The van der Waals surface area contributed by atoms with E-state index in [1.807, 2.05) is 39.0 Å². The van der Waals surface area contributed by atoms with Crippen molar-refractivity contribution in [3.63, 3.8) is 0 Å². The third-order valence-electron chi connectivity index (χ3n) is 3.30. The molecule has 2 rings (SSSR count). The number of hydrogen-bond acceptors (Lipinski definition) is 6. The number of carbonyl (C=O) groups is 1. The van der Waals surface area contributed by atoms with Crippen LogP contribution in [0.5, 0.6) is 11.5 Å². The van der Waals surface area contributed by atoms with Crippen LogP contribution in [0.3, 0.4) is 0 Å². The van der Waals surface area contributed by atoms with Crippen molar-refractivity contribution >= 4 is 11.9 Å². The maximum Gasteiger partial charge on any atom is 0.254 e. The molecule has 0 aliphatic carbocycles. The van der Waals surface area contributed by atoms with Gasteiger partial charge in [0.05, 0.1) is 19.8 Å². The highest BCUT2D eigenvalue weighted by atomic mass is 16.5. The summed E-state index contributed by atoms with van der Waals surface area (Å²) in [7, 11) is 3.19. The van der Waals surface area contributed by atoms with E-state index in [0.29, 0.717) is 29.6 Å². The van der Waals surface area contributed by atoms with Crippen molar-refractivity contribution in [3.8, 4) is 11.5 Å². The van der Waals surface area contributed by atoms with Gasteiger partial charge in [-0.05, 0) is 38.5 Å². The van der Waals surface area contributed by atoms with Gasteiger partial charge < -0.3 is 20.1 Å². The topological polar surface area (TPSA) is 85.4 Å². The summed E-state index contributed by atoms with van der Waals surface area (Å²) < 4.78 is 10.5. The first kappa shape index (κ1) is 18.5. The first-order valence-corrected chi connectivity index (χ1v) is 7.91. The van der Waals surface area contributed by atoms with Crippen LogP contribution in [0.15, 0.2) is 30.6 Å². The van der Waals surface area contributed by atoms with Crippen molar-refractivity contribution in [2.24, 2.45) is 0 Å². The summed E-state index contributed by atoms with van der Waals surface area (Å²) in [5, 5.41) is 5.98. The highest BCUT2D eigenvalue weighted by Gasteiger charge is 2.15. The molecule has 7 heteroatoms. The second-order valence-corrected chi connectivity index (χ2v) is 6.54. The minimum absolute atomic E-state index is 0.195. The van der Waals surface area contributed by atoms with Crippen molar-refractivity contribution in [3.05, 3.63) is 41.7 Å². The fraction of sp³-hybridized carbons (Fsp3) is 0.389. The van der Waals surface area contributed by atoms with Gasteiger partial charge in [-0.1, -0.05) is 6.07 Å². The molecule has 0 aliphatic rings. The van der Waals surface area contributed by atoms with Crippen molar-refractivity contribution < 1.29 is 14.3 Å². The van der Waals surface area contributed by atoms with Gasteiger partial charge in [-0.3, -0.25) is 4.79 Å². The predicted octanol–water partition coefficient (Wildman–Crippen LogP) is 2.63. The first-order valence-electron chi connectivity index (χ1n) is 7.91. The molecule has 134 valence electrons. The number of aromatic nitrogens is 2. The van der Waals surface area contributed by atoms with E-state index in [1.54, 1.807) is 14.2 Å². The maximum atomic E-state index is 12.0. The largest absolute Gasteiger partial charge is 0.493 e. The summed E-state index contributed by atoms with van der Waals surface area (Å²) in [5.41, 5.74) is 1.11. The summed E-state index contributed by atoms with van der Waals surface area (Å²) in [4.78, 5) is 20.4. The first-order chi connectivity index (χ1) is 11.8.